The van der Waals surface area contributed by atoms with E-state index in [0.717, 1.165) is 10.5 Å². The van der Waals surface area contributed by atoms with Crippen LogP contribution in [0.4, 0.5) is 9.93 Å². The Labute approximate surface area is 360 Å². The topological polar surface area (TPSA) is 210 Å². The molecule has 61 heavy (non-hydrogen) atoms. The molecule has 7 rings (SSSR count). The highest BCUT2D eigenvalue weighted by Crippen LogP contribution is 2.46. The van der Waals surface area contributed by atoms with Gasteiger partial charge in [-0.1, -0.05) is 12.2 Å². The molecule has 2 aliphatic carbocycles. The number of alkyl carbamates (subject to hydrolysis) is 1. The van der Waals surface area contributed by atoms with Gasteiger partial charge < -0.3 is 40.0 Å². The van der Waals surface area contributed by atoms with Gasteiger partial charge in [0, 0.05) is 35.7 Å². The van der Waals surface area contributed by atoms with E-state index in [9.17, 15) is 27.6 Å². The number of aromatic nitrogens is 2. The minimum atomic E-state index is -3.93. The van der Waals surface area contributed by atoms with Gasteiger partial charge in [0.25, 0.3) is 5.91 Å². The van der Waals surface area contributed by atoms with E-state index in [1.165, 1.54) is 16.2 Å². The molecule has 2 aliphatic heterocycles. The third-order valence-electron chi connectivity index (χ3n) is 11.0. The number of hydrogen-bond acceptors (Lipinski definition) is 14. The van der Waals surface area contributed by atoms with Gasteiger partial charge in [0.2, 0.25) is 27.7 Å². The number of pyridine rings is 1. The van der Waals surface area contributed by atoms with Crippen LogP contribution in [0.25, 0.3) is 22.2 Å². The predicted molar refractivity (Wildman–Crippen MR) is 231 cm³/mol. The highest BCUT2D eigenvalue weighted by atomic mass is 32.2. The molecule has 330 valence electrons. The average Bonchev–Trinajstić information content (AvgIpc) is 4.06. The van der Waals surface area contributed by atoms with Crippen molar-refractivity contribution in [3.8, 4) is 23.0 Å². The second kappa shape index (κ2) is 17.4. The molecule has 17 nitrogen and oxygen atoms in total. The fourth-order valence-corrected chi connectivity index (χ4v) is 9.95. The lowest BCUT2D eigenvalue weighted by atomic mass is 10.1. The van der Waals surface area contributed by atoms with Crippen molar-refractivity contribution in [1.82, 2.24) is 35.1 Å². The molecular weight excluding hydrogens is 825 g/mol. The first-order valence-corrected chi connectivity index (χ1v) is 23.2. The van der Waals surface area contributed by atoms with Gasteiger partial charge in [0.05, 0.1) is 24.6 Å². The number of benzene rings is 1. The summed E-state index contributed by atoms with van der Waals surface area (Å²) in [6.07, 6.45) is 4.62. The molecule has 2 saturated carbocycles. The van der Waals surface area contributed by atoms with Crippen molar-refractivity contribution < 1.29 is 41.8 Å². The number of nitrogens with one attached hydrogen (secondary N) is 4. The molecule has 0 bridgehead atoms. The summed E-state index contributed by atoms with van der Waals surface area (Å²) in [7, 11) is -0.504. The number of rotatable bonds is 10. The van der Waals surface area contributed by atoms with Crippen LogP contribution in [-0.4, -0.2) is 126 Å². The van der Waals surface area contributed by atoms with Crippen LogP contribution in [0.2, 0.25) is 0 Å². The number of sulfonamides is 1. The van der Waals surface area contributed by atoms with Crippen molar-refractivity contribution in [1.29, 1.82) is 0 Å². The Bertz CT molecular complexity index is 2310. The summed E-state index contributed by atoms with van der Waals surface area (Å²) in [5.41, 5.74) is -1.23. The largest absolute Gasteiger partial charge is 0.497 e. The summed E-state index contributed by atoms with van der Waals surface area (Å²) < 4.78 is 45.9. The van der Waals surface area contributed by atoms with Crippen molar-refractivity contribution in [3.63, 3.8) is 0 Å². The van der Waals surface area contributed by atoms with E-state index in [2.05, 4.69) is 20.7 Å². The summed E-state index contributed by atoms with van der Waals surface area (Å²) >= 11 is 1.45. The number of likely N-dealkylation sites (N-methyl/N-ethyl adjacent to an activating group) is 1. The lowest BCUT2D eigenvalue weighted by molar-refractivity contribution is -0.141. The Hall–Kier alpha value is -5.01. The van der Waals surface area contributed by atoms with Crippen LogP contribution >= 0.6 is 11.3 Å². The van der Waals surface area contributed by atoms with Gasteiger partial charge in [-0.15, -0.1) is 11.3 Å². The van der Waals surface area contributed by atoms with Crippen LogP contribution in [0, 0.1) is 5.92 Å². The zero-order chi connectivity index (χ0) is 43.9. The summed E-state index contributed by atoms with van der Waals surface area (Å²) in [6.45, 7) is 9.82. The normalized spacial score (nSPS) is 25.1. The number of methoxy groups -OCH3 is 1. The minimum Gasteiger partial charge on any atom is -0.497 e. The Morgan fingerprint density at radius 2 is 1.85 bits per heavy atom. The Morgan fingerprint density at radius 3 is 2.56 bits per heavy atom. The minimum absolute atomic E-state index is 0.00609. The fraction of sp³-hybridized carbons (Fsp3) is 0.571. The monoisotopic (exact) mass is 880 g/mol. The van der Waals surface area contributed by atoms with Crippen LogP contribution in [0.1, 0.15) is 73.1 Å². The van der Waals surface area contributed by atoms with Gasteiger partial charge in [-0.2, -0.15) is 0 Å². The summed E-state index contributed by atoms with van der Waals surface area (Å²) in [5.74, 6) is -1.62. The highest BCUT2D eigenvalue weighted by Gasteiger charge is 2.62. The highest BCUT2D eigenvalue weighted by molar-refractivity contribution is 7.91. The molecule has 19 heteroatoms. The molecule has 0 radical (unpaired) electrons. The van der Waals surface area contributed by atoms with Crippen molar-refractivity contribution in [3.05, 3.63) is 41.8 Å². The summed E-state index contributed by atoms with van der Waals surface area (Å²) in [5, 5.41) is 12.4. The van der Waals surface area contributed by atoms with Crippen molar-refractivity contribution in [2.45, 2.75) is 114 Å². The molecule has 4 heterocycles. The number of carbonyl (C=O) groups is 4. The van der Waals surface area contributed by atoms with Crippen LogP contribution < -0.4 is 30.1 Å². The standard InChI is InChI=1S/C42H56N8O9S2/c1-24(2)43-39-45-33(23-60-39)31-18-25-17-27(57-7)12-15-30(25)36(44-31)58-28-19-34-35(51)47-42(38(53)48-61(55,56)29-13-14-29)20-26(42)11-9-8-10-16-49(6)22-32(37(52)50(34)21-28)46-40(54)59-41(3,4)5/h9,11-12,15,17-18,23-24,26,28-29,32,34H,8,10,13-14,16,19-22H2,1-7H3,(H,43,45)(H,46,54)(H,47,51)(H,48,53)/t26-,28?,32+,34+,42-/m1/s1. The number of ether oxygens (including phenoxy) is 3. The maximum absolute atomic E-state index is 14.8. The van der Waals surface area contributed by atoms with Gasteiger partial charge in [-0.25, -0.2) is 23.2 Å². The predicted octanol–water partition coefficient (Wildman–Crippen LogP) is 4.19. The average molecular weight is 881 g/mol. The van der Waals surface area contributed by atoms with E-state index < -0.39 is 74.3 Å². The molecule has 0 spiro atoms. The Kier molecular flexibility index (Phi) is 12.6. The molecule has 4 amide bonds. The summed E-state index contributed by atoms with van der Waals surface area (Å²) in [4.78, 5) is 69.5. The van der Waals surface area contributed by atoms with Crippen molar-refractivity contribution >= 4 is 61.1 Å². The zero-order valence-electron chi connectivity index (χ0n) is 35.6. The van der Waals surface area contributed by atoms with Gasteiger partial charge >= 0.3 is 6.09 Å². The molecule has 4 aliphatic rings. The first kappa shape index (κ1) is 44.1. The quantitative estimate of drug-likeness (QED) is 0.211. The van der Waals surface area contributed by atoms with E-state index in [4.69, 9.17) is 24.2 Å². The lowest BCUT2D eigenvalue weighted by Gasteiger charge is -2.32. The van der Waals surface area contributed by atoms with Gasteiger partial charge in [0.1, 0.15) is 40.8 Å². The van der Waals surface area contributed by atoms with Crippen LogP contribution in [0.5, 0.6) is 11.6 Å². The third kappa shape index (κ3) is 10.4. The maximum Gasteiger partial charge on any atom is 0.408 e. The Balaban J connectivity index is 1.24. The molecule has 3 fully saturated rings. The molecule has 5 atom stereocenters. The second-order valence-electron chi connectivity index (χ2n) is 17.7. The molecule has 4 N–H and O–H groups in total. The van der Waals surface area contributed by atoms with E-state index >= 15 is 0 Å². The molecule has 1 aromatic carbocycles. The summed E-state index contributed by atoms with van der Waals surface area (Å²) in [6, 6.07) is 5.24. The van der Waals surface area contributed by atoms with E-state index in [-0.39, 0.29) is 37.9 Å². The number of nitrogens with zero attached hydrogens (tertiary/aromatic N) is 4. The zero-order valence-corrected chi connectivity index (χ0v) is 37.3. The number of thiazole rings is 1. The van der Waals surface area contributed by atoms with Crippen LogP contribution in [0.3, 0.4) is 0 Å². The second-order valence-corrected chi connectivity index (χ2v) is 20.5. The van der Waals surface area contributed by atoms with Crippen molar-refractivity contribution in [2.75, 3.05) is 39.1 Å². The molecule has 2 aromatic heterocycles. The SMILES string of the molecule is COc1ccc2c(OC3C[C@H]4C(=O)N[C@]5(C(=O)NS(=O)(=O)C6CC6)C[C@H]5C=CCCCN(C)C[C@H](NC(=O)OC(C)(C)C)C(=O)N4C3)nc(-c3csc(NC(C)C)n3)cc2c1. The van der Waals surface area contributed by atoms with E-state index in [1.807, 2.05) is 61.5 Å². The van der Waals surface area contributed by atoms with Gasteiger partial charge in [-0.05, 0) is 110 Å². The lowest BCUT2D eigenvalue weighted by Crippen LogP contribution is -2.59. The third-order valence-corrected chi connectivity index (χ3v) is 13.6. The number of amides is 4. The number of anilines is 1. The number of carbonyl (C=O) groups excluding carboxylic acids is 4. The van der Waals surface area contributed by atoms with Gasteiger partial charge in [-0.3, -0.25) is 19.1 Å². The first-order valence-electron chi connectivity index (χ1n) is 20.8. The van der Waals surface area contributed by atoms with Crippen LogP contribution in [-0.2, 0) is 29.1 Å². The van der Waals surface area contributed by atoms with Gasteiger partial charge in [0.15, 0.2) is 5.13 Å². The van der Waals surface area contributed by atoms with E-state index in [0.29, 0.717) is 54.8 Å². The fourth-order valence-electron chi connectivity index (χ4n) is 7.73. The number of allylic oxidation sites excluding steroid dienone is 1. The molecular formula is C42H56N8O9S2. The maximum atomic E-state index is 14.8. The Morgan fingerprint density at radius 1 is 1.08 bits per heavy atom. The molecule has 1 unspecified atom stereocenters. The molecule has 1 saturated heterocycles. The number of hydrogen-bond donors (Lipinski definition) is 4. The van der Waals surface area contributed by atoms with Crippen LogP contribution in [0.15, 0.2) is 41.8 Å². The smallest absolute Gasteiger partial charge is 0.408 e. The first-order chi connectivity index (χ1) is 28.8. The number of fused-ring (bicyclic) bond motifs is 3. The van der Waals surface area contributed by atoms with Crippen molar-refractivity contribution in [2.24, 2.45) is 5.92 Å². The molecule has 3 aromatic rings. The van der Waals surface area contributed by atoms with E-state index in [1.54, 1.807) is 33.9 Å².